The zero-order valence-electron chi connectivity index (χ0n) is 20.3. The summed E-state index contributed by atoms with van der Waals surface area (Å²) >= 11 is 0. The Kier molecular flexibility index (Phi) is 6.29. The van der Waals surface area contributed by atoms with E-state index in [4.69, 9.17) is 10.5 Å². The standard InChI is InChI=1S/C29H21FN6O2/c1-3-23(37)35-21-9-4-18(5-10-21)27-25(26-28(36(27)2)19(14-31)15-34-29(26)32)17-6-11-22(12-7-17)38-24-13-8-20(30)16-33-24/h3-13,15-16H,1H2,2H3,(H2,32,34)(H,35,37). The number of nitriles is 1. The number of hydrogen-bond donors (Lipinski definition) is 2. The molecule has 1 amide bonds. The van der Waals surface area contributed by atoms with Gasteiger partial charge >= 0.3 is 0 Å². The molecule has 0 saturated heterocycles. The molecule has 5 rings (SSSR count). The quantitative estimate of drug-likeness (QED) is 0.282. The second kappa shape index (κ2) is 9.87. The fourth-order valence-electron chi connectivity index (χ4n) is 4.35. The maximum atomic E-state index is 13.2. The Labute approximate surface area is 217 Å². The van der Waals surface area contributed by atoms with Crippen molar-refractivity contribution in [3.63, 3.8) is 0 Å². The molecule has 9 heteroatoms. The van der Waals surface area contributed by atoms with Crippen molar-refractivity contribution >= 4 is 28.3 Å². The fourth-order valence-corrected chi connectivity index (χ4v) is 4.35. The zero-order valence-corrected chi connectivity index (χ0v) is 20.3. The molecule has 5 aromatic rings. The van der Waals surface area contributed by atoms with Gasteiger partial charge in [0.05, 0.1) is 28.4 Å². The molecule has 3 aromatic heterocycles. The van der Waals surface area contributed by atoms with Crippen LogP contribution >= 0.6 is 0 Å². The minimum Gasteiger partial charge on any atom is -0.439 e. The maximum Gasteiger partial charge on any atom is 0.247 e. The number of benzene rings is 2. The van der Waals surface area contributed by atoms with E-state index in [0.717, 1.165) is 28.6 Å². The smallest absolute Gasteiger partial charge is 0.247 e. The van der Waals surface area contributed by atoms with Crippen molar-refractivity contribution < 1.29 is 13.9 Å². The minimum absolute atomic E-state index is 0.265. The molecule has 38 heavy (non-hydrogen) atoms. The topological polar surface area (TPSA) is 119 Å². The predicted octanol–water partition coefficient (Wildman–Crippen LogP) is 5.81. The molecular formula is C29H21FN6O2. The van der Waals surface area contributed by atoms with Crippen LogP contribution in [0.1, 0.15) is 5.56 Å². The van der Waals surface area contributed by atoms with Gasteiger partial charge in [-0.25, -0.2) is 14.4 Å². The van der Waals surface area contributed by atoms with E-state index in [-0.39, 0.29) is 11.8 Å². The van der Waals surface area contributed by atoms with Crippen LogP contribution in [0.5, 0.6) is 11.6 Å². The second-order valence-electron chi connectivity index (χ2n) is 8.39. The molecule has 3 heterocycles. The number of anilines is 2. The summed E-state index contributed by atoms with van der Waals surface area (Å²) in [5, 5.41) is 13.2. The third-order valence-electron chi connectivity index (χ3n) is 6.04. The molecule has 186 valence electrons. The summed E-state index contributed by atoms with van der Waals surface area (Å²) in [6, 6.07) is 19.6. The van der Waals surface area contributed by atoms with E-state index in [9.17, 15) is 14.4 Å². The Balaban J connectivity index is 1.64. The number of nitrogen functional groups attached to an aromatic ring is 1. The lowest BCUT2D eigenvalue weighted by molar-refractivity contribution is -0.111. The van der Waals surface area contributed by atoms with Gasteiger partial charge in [-0.3, -0.25) is 4.79 Å². The predicted molar refractivity (Wildman–Crippen MR) is 144 cm³/mol. The van der Waals surface area contributed by atoms with E-state index in [1.165, 1.54) is 24.4 Å². The summed E-state index contributed by atoms with van der Waals surface area (Å²) in [5.41, 5.74) is 11.3. The number of carbonyl (C=O) groups is 1. The van der Waals surface area contributed by atoms with Crippen LogP contribution in [0.3, 0.4) is 0 Å². The zero-order chi connectivity index (χ0) is 26.8. The molecule has 0 unspecified atom stereocenters. The Hall–Kier alpha value is -5.49. The molecule has 2 aromatic carbocycles. The van der Waals surface area contributed by atoms with Crippen LogP contribution < -0.4 is 15.8 Å². The highest BCUT2D eigenvalue weighted by molar-refractivity contribution is 6.10. The number of ether oxygens (including phenoxy) is 1. The number of rotatable bonds is 6. The number of nitrogens with one attached hydrogen (secondary N) is 1. The summed E-state index contributed by atoms with van der Waals surface area (Å²) < 4.78 is 20.8. The molecule has 0 aliphatic heterocycles. The van der Waals surface area contributed by atoms with E-state index in [2.05, 4.69) is 27.9 Å². The number of aryl methyl sites for hydroxylation is 1. The van der Waals surface area contributed by atoms with Gasteiger partial charge in [0.1, 0.15) is 23.5 Å². The largest absolute Gasteiger partial charge is 0.439 e. The highest BCUT2D eigenvalue weighted by Gasteiger charge is 2.23. The van der Waals surface area contributed by atoms with Gasteiger partial charge < -0.3 is 20.4 Å². The van der Waals surface area contributed by atoms with Crippen LogP contribution in [0.15, 0.2) is 85.7 Å². The number of hydrogen-bond acceptors (Lipinski definition) is 6. The normalized spacial score (nSPS) is 10.7. The van der Waals surface area contributed by atoms with E-state index in [1.807, 2.05) is 35.9 Å². The average Bonchev–Trinajstić information content (AvgIpc) is 3.25. The summed E-state index contributed by atoms with van der Waals surface area (Å²) in [7, 11) is 1.87. The number of amides is 1. The van der Waals surface area contributed by atoms with Crippen LogP contribution in [0.25, 0.3) is 33.3 Å². The van der Waals surface area contributed by atoms with Crippen LogP contribution in [-0.2, 0) is 11.8 Å². The molecular weight excluding hydrogens is 483 g/mol. The van der Waals surface area contributed by atoms with Crippen LogP contribution in [0, 0.1) is 17.1 Å². The van der Waals surface area contributed by atoms with Crippen LogP contribution in [0.2, 0.25) is 0 Å². The molecule has 0 radical (unpaired) electrons. The third kappa shape index (κ3) is 4.42. The SMILES string of the molecule is C=CC(=O)Nc1ccc(-c2c(-c3ccc(Oc4ccc(F)cn4)cc3)c3c(N)ncc(C#N)c3n2C)cc1. The molecule has 0 saturated carbocycles. The minimum atomic E-state index is -0.449. The number of halogens is 1. The lowest BCUT2D eigenvalue weighted by Gasteiger charge is -2.11. The second-order valence-corrected chi connectivity index (χ2v) is 8.39. The van der Waals surface area contributed by atoms with Gasteiger partial charge in [-0.1, -0.05) is 30.8 Å². The lowest BCUT2D eigenvalue weighted by Crippen LogP contribution is -2.06. The number of fused-ring (bicyclic) bond motifs is 1. The summed E-state index contributed by atoms with van der Waals surface area (Å²) in [6.45, 7) is 3.47. The van der Waals surface area contributed by atoms with Gasteiger partial charge in [0.2, 0.25) is 11.8 Å². The molecule has 0 atom stereocenters. The Bertz CT molecular complexity index is 1720. The number of nitrogens with two attached hydrogens (primary N) is 1. The first-order valence-corrected chi connectivity index (χ1v) is 11.5. The molecule has 0 bridgehead atoms. The van der Waals surface area contributed by atoms with Crippen LogP contribution in [-0.4, -0.2) is 20.4 Å². The fraction of sp³-hybridized carbons (Fsp3) is 0.0345. The summed E-state index contributed by atoms with van der Waals surface area (Å²) in [5.74, 6) is 0.317. The Morgan fingerprint density at radius 1 is 1.08 bits per heavy atom. The van der Waals surface area contributed by atoms with E-state index < -0.39 is 5.82 Å². The van der Waals surface area contributed by atoms with Gasteiger partial charge in [0, 0.05) is 30.6 Å². The summed E-state index contributed by atoms with van der Waals surface area (Å²) in [4.78, 5) is 19.9. The van der Waals surface area contributed by atoms with Gasteiger partial charge in [-0.2, -0.15) is 5.26 Å². The van der Waals surface area contributed by atoms with Crippen molar-refractivity contribution in [3.8, 4) is 40.1 Å². The number of nitrogens with zero attached hydrogens (tertiary/aromatic N) is 4. The monoisotopic (exact) mass is 504 g/mol. The van der Waals surface area contributed by atoms with Gasteiger partial charge in [-0.15, -0.1) is 0 Å². The van der Waals surface area contributed by atoms with Crippen molar-refractivity contribution in [3.05, 3.63) is 97.1 Å². The van der Waals surface area contributed by atoms with Crippen molar-refractivity contribution in [1.82, 2.24) is 14.5 Å². The maximum absolute atomic E-state index is 13.2. The third-order valence-corrected chi connectivity index (χ3v) is 6.04. The highest BCUT2D eigenvalue weighted by Crippen LogP contribution is 2.43. The van der Waals surface area contributed by atoms with Gasteiger partial charge in [-0.05, 0) is 47.5 Å². The molecule has 0 aliphatic carbocycles. The van der Waals surface area contributed by atoms with E-state index in [0.29, 0.717) is 33.7 Å². The van der Waals surface area contributed by atoms with E-state index >= 15 is 0 Å². The number of aromatic nitrogens is 3. The Morgan fingerprint density at radius 3 is 2.42 bits per heavy atom. The summed E-state index contributed by atoms with van der Waals surface area (Å²) in [6.07, 6.45) is 3.75. The molecule has 0 aliphatic rings. The van der Waals surface area contributed by atoms with Crippen molar-refractivity contribution in [2.75, 3.05) is 11.1 Å². The first-order chi connectivity index (χ1) is 18.4. The van der Waals surface area contributed by atoms with Gasteiger partial charge in [0.25, 0.3) is 0 Å². The molecule has 0 spiro atoms. The van der Waals surface area contributed by atoms with Gasteiger partial charge in [0.15, 0.2) is 0 Å². The lowest BCUT2D eigenvalue weighted by atomic mass is 9.98. The average molecular weight is 505 g/mol. The first-order valence-electron chi connectivity index (χ1n) is 11.5. The van der Waals surface area contributed by atoms with Crippen molar-refractivity contribution in [1.29, 1.82) is 5.26 Å². The van der Waals surface area contributed by atoms with Crippen LogP contribution in [0.4, 0.5) is 15.9 Å². The Morgan fingerprint density at radius 2 is 1.79 bits per heavy atom. The van der Waals surface area contributed by atoms with E-state index in [1.54, 1.807) is 24.3 Å². The number of pyridine rings is 2. The molecule has 8 nitrogen and oxygen atoms in total. The van der Waals surface area contributed by atoms with Crippen molar-refractivity contribution in [2.45, 2.75) is 0 Å². The molecule has 3 N–H and O–H groups in total. The number of carbonyl (C=O) groups excluding carboxylic acids is 1. The highest BCUT2D eigenvalue weighted by atomic mass is 19.1. The van der Waals surface area contributed by atoms with Crippen molar-refractivity contribution in [2.24, 2.45) is 7.05 Å². The molecule has 0 fully saturated rings. The first kappa shape index (κ1) is 24.2.